The lowest BCUT2D eigenvalue weighted by Gasteiger charge is -2.21. The second kappa shape index (κ2) is 6.61. The van der Waals surface area contributed by atoms with Crippen LogP contribution in [-0.2, 0) is 6.54 Å². The maximum Gasteiger partial charge on any atom is 0.259 e. The van der Waals surface area contributed by atoms with Crippen molar-refractivity contribution in [1.29, 1.82) is 0 Å². The summed E-state index contributed by atoms with van der Waals surface area (Å²) in [6, 6.07) is 4.17. The number of aryl methyl sites for hydroxylation is 1. The van der Waals surface area contributed by atoms with Gasteiger partial charge >= 0.3 is 0 Å². The lowest BCUT2D eigenvalue weighted by atomic mass is 10.1. The van der Waals surface area contributed by atoms with E-state index in [1.54, 1.807) is 11.6 Å². The van der Waals surface area contributed by atoms with Crippen molar-refractivity contribution in [2.45, 2.75) is 32.4 Å². The summed E-state index contributed by atoms with van der Waals surface area (Å²) in [6.45, 7) is 2.98. The van der Waals surface area contributed by atoms with Gasteiger partial charge in [0, 0.05) is 12.1 Å². The lowest BCUT2D eigenvalue weighted by molar-refractivity contribution is 0.212. The smallest absolute Gasteiger partial charge is 0.259 e. The molecule has 3 heterocycles. The van der Waals surface area contributed by atoms with Gasteiger partial charge in [-0.25, -0.2) is 13.8 Å². The van der Waals surface area contributed by atoms with E-state index in [0.29, 0.717) is 23.9 Å². The van der Waals surface area contributed by atoms with E-state index in [1.165, 1.54) is 17.4 Å². The first kappa shape index (κ1) is 16.3. The second-order valence-electron chi connectivity index (χ2n) is 6.05. The molecule has 2 aromatic heterocycles. The van der Waals surface area contributed by atoms with Gasteiger partial charge in [0.25, 0.3) is 5.89 Å². The Balaban J connectivity index is 1.57. The van der Waals surface area contributed by atoms with Gasteiger partial charge < -0.3 is 4.42 Å². The molecule has 25 heavy (non-hydrogen) atoms. The highest BCUT2D eigenvalue weighted by Crippen LogP contribution is 2.35. The molecular weight excluding hydrogens is 346 g/mol. The van der Waals surface area contributed by atoms with Gasteiger partial charge in [0.05, 0.1) is 17.2 Å². The number of hydrogen-bond donors (Lipinski definition) is 0. The molecular formula is C17H16F2N4OS. The summed E-state index contributed by atoms with van der Waals surface area (Å²) >= 11 is 1.45. The Hall–Kier alpha value is -2.19. The van der Waals surface area contributed by atoms with Crippen LogP contribution in [0.5, 0.6) is 0 Å². The van der Waals surface area contributed by atoms with E-state index < -0.39 is 11.6 Å². The fourth-order valence-electron chi connectivity index (χ4n) is 3.15. The molecule has 4 rings (SSSR count). The van der Waals surface area contributed by atoms with E-state index in [2.05, 4.69) is 20.1 Å². The number of benzene rings is 1. The van der Waals surface area contributed by atoms with Crippen LogP contribution < -0.4 is 0 Å². The molecule has 1 aliphatic rings. The van der Waals surface area contributed by atoms with Crippen LogP contribution in [0.2, 0.25) is 0 Å². The molecule has 0 amide bonds. The largest absolute Gasteiger partial charge is 0.418 e. The Labute approximate surface area is 147 Å². The monoisotopic (exact) mass is 362 g/mol. The third kappa shape index (κ3) is 3.07. The van der Waals surface area contributed by atoms with Gasteiger partial charge in [-0.05, 0) is 32.4 Å². The lowest BCUT2D eigenvalue weighted by Crippen LogP contribution is -2.23. The SMILES string of the molecule is Cc1ncsc1-c1nnc([C@H]2CCCN2Cc2cccc(F)c2F)o1. The highest BCUT2D eigenvalue weighted by Gasteiger charge is 2.31. The topological polar surface area (TPSA) is 55.1 Å². The normalized spacial score (nSPS) is 18.1. The van der Waals surface area contributed by atoms with Crippen LogP contribution in [-0.4, -0.2) is 26.6 Å². The van der Waals surface area contributed by atoms with Crippen molar-refractivity contribution < 1.29 is 13.2 Å². The van der Waals surface area contributed by atoms with Gasteiger partial charge in [0.15, 0.2) is 11.6 Å². The van der Waals surface area contributed by atoms with Crippen LogP contribution >= 0.6 is 11.3 Å². The Morgan fingerprint density at radius 2 is 2.20 bits per heavy atom. The molecule has 3 aromatic rings. The zero-order valence-corrected chi connectivity index (χ0v) is 14.4. The molecule has 0 bridgehead atoms. The van der Waals surface area contributed by atoms with Crippen molar-refractivity contribution in [3.8, 4) is 10.8 Å². The number of nitrogens with zero attached hydrogens (tertiary/aromatic N) is 4. The van der Waals surface area contributed by atoms with Crippen molar-refractivity contribution in [1.82, 2.24) is 20.1 Å². The third-order valence-electron chi connectivity index (χ3n) is 4.43. The molecule has 130 valence electrons. The van der Waals surface area contributed by atoms with Crippen molar-refractivity contribution >= 4 is 11.3 Å². The Bertz CT molecular complexity index is 894. The Morgan fingerprint density at radius 3 is 3.00 bits per heavy atom. The van der Waals surface area contributed by atoms with Crippen molar-refractivity contribution in [3.05, 3.63) is 52.5 Å². The summed E-state index contributed by atoms with van der Waals surface area (Å²) < 4.78 is 33.2. The Kier molecular flexibility index (Phi) is 4.30. The summed E-state index contributed by atoms with van der Waals surface area (Å²) in [4.78, 5) is 7.10. The fraction of sp³-hybridized carbons (Fsp3) is 0.353. The molecule has 0 spiro atoms. The molecule has 1 aliphatic heterocycles. The van der Waals surface area contributed by atoms with Crippen molar-refractivity contribution in [2.75, 3.05) is 6.54 Å². The summed E-state index contributed by atoms with van der Waals surface area (Å²) in [7, 11) is 0. The van der Waals surface area contributed by atoms with E-state index in [4.69, 9.17) is 4.42 Å². The van der Waals surface area contributed by atoms with Crippen molar-refractivity contribution in [3.63, 3.8) is 0 Å². The molecule has 0 saturated carbocycles. The Morgan fingerprint density at radius 1 is 1.32 bits per heavy atom. The fourth-order valence-corrected chi connectivity index (χ4v) is 3.88. The molecule has 5 nitrogen and oxygen atoms in total. The van der Waals surface area contributed by atoms with E-state index >= 15 is 0 Å². The zero-order chi connectivity index (χ0) is 17.4. The van der Waals surface area contributed by atoms with Gasteiger partial charge in [-0.2, -0.15) is 0 Å². The number of rotatable bonds is 4. The summed E-state index contributed by atoms with van der Waals surface area (Å²) in [6.07, 6.45) is 1.79. The quantitative estimate of drug-likeness (QED) is 0.699. The number of aromatic nitrogens is 3. The second-order valence-corrected chi connectivity index (χ2v) is 6.91. The minimum absolute atomic E-state index is 0.0860. The summed E-state index contributed by atoms with van der Waals surface area (Å²) in [5.74, 6) is -0.649. The van der Waals surface area contributed by atoms with Gasteiger partial charge in [-0.15, -0.1) is 21.5 Å². The van der Waals surface area contributed by atoms with E-state index in [1.807, 2.05) is 6.92 Å². The summed E-state index contributed by atoms with van der Waals surface area (Å²) in [5.41, 5.74) is 2.93. The molecule has 8 heteroatoms. The van der Waals surface area contributed by atoms with E-state index in [9.17, 15) is 8.78 Å². The van der Waals surface area contributed by atoms with Crippen LogP contribution in [0.4, 0.5) is 8.78 Å². The van der Waals surface area contributed by atoms with Crippen LogP contribution in [0.3, 0.4) is 0 Å². The van der Waals surface area contributed by atoms with Gasteiger partial charge in [-0.1, -0.05) is 12.1 Å². The van der Waals surface area contributed by atoms with E-state index in [0.717, 1.165) is 36.0 Å². The first-order valence-electron chi connectivity index (χ1n) is 8.04. The highest BCUT2D eigenvalue weighted by atomic mass is 32.1. The predicted octanol–water partition coefficient (Wildman–Crippen LogP) is 4.12. The van der Waals surface area contributed by atoms with Crippen LogP contribution in [0, 0.1) is 18.6 Å². The molecule has 1 atom stereocenters. The number of halogens is 2. The standard InChI is InChI=1S/C17H16F2N4OS/c1-10-15(25-9-20-10)17-22-21-16(24-17)13-6-3-7-23(13)8-11-4-2-5-12(18)14(11)19/h2,4-5,9,13H,3,6-8H2,1H3/t13-/m1/s1. The van der Waals surface area contributed by atoms with Gasteiger partial charge in [0.2, 0.25) is 5.89 Å². The molecule has 1 saturated heterocycles. The predicted molar refractivity (Wildman–Crippen MR) is 88.9 cm³/mol. The molecule has 0 radical (unpaired) electrons. The highest BCUT2D eigenvalue weighted by molar-refractivity contribution is 7.13. The molecule has 1 aromatic carbocycles. The number of likely N-dealkylation sites (tertiary alicyclic amines) is 1. The van der Waals surface area contributed by atoms with Crippen LogP contribution in [0.25, 0.3) is 10.8 Å². The van der Waals surface area contributed by atoms with Crippen molar-refractivity contribution in [2.24, 2.45) is 0 Å². The van der Waals surface area contributed by atoms with Gasteiger partial charge in [0.1, 0.15) is 4.88 Å². The van der Waals surface area contributed by atoms with Crippen LogP contribution in [0.15, 0.2) is 28.1 Å². The maximum absolute atomic E-state index is 14.0. The maximum atomic E-state index is 14.0. The zero-order valence-electron chi connectivity index (χ0n) is 13.6. The number of thiazole rings is 1. The van der Waals surface area contributed by atoms with Crippen LogP contribution in [0.1, 0.15) is 36.0 Å². The molecule has 0 unspecified atom stereocenters. The third-order valence-corrected chi connectivity index (χ3v) is 5.35. The van der Waals surface area contributed by atoms with Gasteiger partial charge in [-0.3, -0.25) is 4.90 Å². The minimum Gasteiger partial charge on any atom is -0.418 e. The number of hydrogen-bond acceptors (Lipinski definition) is 6. The summed E-state index contributed by atoms with van der Waals surface area (Å²) in [5, 5.41) is 8.31. The van der Waals surface area contributed by atoms with E-state index in [-0.39, 0.29) is 6.04 Å². The minimum atomic E-state index is -0.825. The average Bonchev–Trinajstić information content (AvgIpc) is 3.31. The first-order valence-corrected chi connectivity index (χ1v) is 8.92. The molecule has 0 aliphatic carbocycles. The molecule has 1 fully saturated rings. The first-order chi connectivity index (χ1) is 12.1. The molecule has 0 N–H and O–H groups in total. The average molecular weight is 362 g/mol.